The molecule has 4 aliphatic carbocycles. The smallest absolute Gasteiger partial charge is 0.0794 e. The van der Waals surface area contributed by atoms with Crippen LogP contribution in [-0.2, 0) is 0 Å². The Morgan fingerprint density at radius 1 is 1.23 bits per heavy atom. The first-order valence-electron chi connectivity index (χ1n) is 9.49. The normalized spacial score (nSPS) is 52.2. The highest BCUT2D eigenvalue weighted by molar-refractivity contribution is 5.31. The lowest BCUT2D eigenvalue weighted by Gasteiger charge is -2.59. The lowest BCUT2D eigenvalue weighted by molar-refractivity contribution is -0.0620. The van der Waals surface area contributed by atoms with E-state index in [0.29, 0.717) is 11.3 Å². The summed E-state index contributed by atoms with van der Waals surface area (Å²) in [5.74, 6) is 4.75. The highest BCUT2D eigenvalue weighted by Gasteiger charge is 2.66. The number of nitrogens with zero attached hydrogens (tertiary/aromatic N) is 1. The van der Waals surface area contributed by atoms with E-state index in [2.05, 4.69) is 38.6 Å². The van der Waals surface area contributed by atoms with Crippen molar-refractivity contribution in [3.63, 3.8) is 0 Å². The molecule has 120 valence electrons. The lowest BCUT2D eigenvalue weighted by Crippen LogP contribution is -2.59. The molecule has 0 spiro atoms. The Morgan fingerprint density at radius 3 is 2.73 bits per heavy atom. The minimum atomic E-state index is 0.0471. The van der Waals surface area contributed by atoms with Crippen LogP contribution in [0.5, 0.6) is 0 Å². The van der Waals surface area contributed by atoms with Crippen LogP contribution in [0.25, 0.3) is 4.85 Å². The van der Waals surface area contributed by atoms with Crippen LogP contribution in [0.1, 0.15) is 66.2 Å². The van der Waals surface area contributed by atoms with Gasteiger partial charge in [-0.15, -0.1) is 0 Å². The maximum Gasteiger partial charge on any atom is 0.290 e. The van der Waals surface area contributed by atoms with Crippen LogP contribution in [0.3, 0.4) is 0 Å². The first-order valence-corrected chi connectivity index (χ1v) is 9.49. The number of rotatable bonds is 0. The first-order chi connectivity index (χ1) is 10.4. The van der Waals surface area contributed by atoms with Crippen molar-refractivity contribution in [2.45, 2.75) is 71.8 Å². The minimum absolute atomic E-state index is 0.0471. The van der Waals surface area contributed by atoms with E-state index < -0.39 is 0 Å². The fraction of sp³-hybridized carbons (Fsp3) is 0.857. The van der Waals surface area contributed by atoms with E-state index in [0.717, 1.165) is 36.0 Å². The average Bonchev–Trinajstić information content (AvgIpc) is 2.45. The Balaban J connectivity index is 1.84. The van der Waals surface area contributed by atoms with Crippen LogP contribution in [0.2, 0.25) is 0 Å². The van der Waals surface area contributed by atoms with Gasteiger partial charge in [-0.05, 0) is 61.2 Å². The molecule has 0 amide bonds. The number of hydrogen-bond acceptors (Lipinski definition) is 0. The SMILES string of the molecule is C#[N+]C12CC=C3CC(C)(C)CC4CC(C)C(CCC1C)C2C34. The van der Waals surface area contributed by atoms with Gasteiger partial charge in [-0.2, -0.15) is 0 Å². The Labute approximate surface area is 136 Å². The first kappa shape index (κ1) is 14.8. The van der Waals surface area contributed by atoms with E-state index in [-0.39, 0.29) is 5.54 Å². The third-order valence-corrected chi connectivity index (χ3v) is 7.98. The molecule has 3 saturated carbocycles. The van der Waals surface area contributed by atoms with Crippen LogP contribution >= 0.6 is 0 Å². The molecule has 0 heterocycles. The molecule has 0 aromatic rings. The predicted molar refractivity (Wildman–Crippen MR) is 92.9 cm³/mol. The zero-order chi connectivity index (χ0) is 15.7. The van der Waals surface area contributed by atoms with E-state index >= 15 is 0 Å². The lowest BCUT2D eigenvalue weighted by atomic mass is 9.43. The second-order valence-electron chi connectivity index (χ2n) is 9.82. The zero-order valence-electron chi connectivity index (χ0n) is 14.8. The standard InChI is InChI=1S/C21H32N/c1-13-10-16-12-20(3,4)11-15-8-9-21(22-5)14(2)6-7-17(13)19(21)18(15)16/h5,8,13-14,16-19H,6-7,9-12H2,1-4H3/q+1. The van der Waals surface area contributed by atoms with Crippen molar-refractivity contribution < 1.29 is 0 Å². The van der Waals surface area contributed by atoms with Gasteiger partial charge in [0.1, 0.15) is 0 Å². The van der Waals surface area contributed by atoms with Gasteiger partial charge in [0, 0.05) is 12.3 Å². The summed E-state index contributed by atoms with van der Waals surface area (Å²) < 4.78 is 0. The number of allylic oxidation sites excluding steroid dienone is 1. The summed E-state index contributed by atoms with van der Waals surface area (Å²) in [5, 5.41) is 0. The topological polar surface area (TPSA) is 4.36 Å². The molecule has 0 aromatic heterocycles. The van der Waals surface area contributed by atoms with Gasteiger partial charge in [-0.1, -0.05) is 44.2 Å². The monoisotopic (exact) mass is 298 g/mol. The maximum absolute atomic E-state index is 6.09. The Bertz CT molecular complexity index is 551. The second kappa shape index (κ2) is 4.62. The van der Waals surface area contributed by atoms with Gasteiger partial charge < -0.3 is 0 Å². The summed E-state index contributed by atoms with van der Waals surface area (Å²) in [7, 11) is 0. The molecule has 0 N–H and O–H groups in total. The van der Waals surface area contributed by atoms with Gasteiger partial charge in [-0.25, -0.2) is 0 Å². The summed E-state index contributed by atoms with van der Waals surface area (Å²) in [5.41, 5.74) is 2.31. The van der Waals surface area contributed by atoms with Crippen molar-refractivity contribution in [2.24, 2.45) is 40.9 Å². The molecule has 0 aliphatic heterocycles. The van der Waals surface area contributed by atoms with E-state index in [4.69, 9.17) is 6.57 Å². The van der Waals surface area contributed by atoms with E-state index in [1.807, 2.05) is 0 Å². The zero-order valence-corrected chi connectivity index (χ0v) is 14.8. The predicted octanol–water partition coefficient (Wildman–Crippen LogP) is 5.77. The van der Waals surface area contributed by atoms with E-state index in [1.54, 1.807) is 5.57 Å². The molecule has 0 saturated heterocycles. The van der Waals surface area contributed by atoms with Gasteiger partial charge in [0.2, 0.25) is 0 Å². The molecule has 7 unspecified atom stereocenters. The molecule has 4 aliphatic rings. The van der Waals surface area contributed by atoms with Crippen LogP contribution in [-0.4, -0.2) is 5.54 Å². The van der Waals surface area contributed by atoms with Gasteiger partial charge >= 0.3 is 0 Å². The van der Waals surface area contributed by atoms with Gasteiger partial charge in [0.05, 0.1) is 5.92 Å². The minimum Gasteiger partial charge on any atom is -0.0794 e. The summed E-state index contributed by atoms with van der Waals surface area (Å²) in [4.78, 5) is 4.62. The van der Waals surface area contributed by atoms with Crippen molar-refractivity contribution >= 4 is 0 Å². The summed E-state index contributed by atoms with van der Waals surface area (Å²) >= 11 is 0. The third-order valence-electron chi connectivity index (χ3n) is 7.98. The number of hydrogen-bond donors (Lipinski definition) is 0. The second-order valence-corrected chi connectivity index (χ2v) is 9.82. The quantitative estimate of drug-likeness (QED) is 0.500. The van der Waals surface area contributed by atoms with Crippen molar-refractivity contribution in [2.75, 3.05) is 0 Å². The van der Waals surface area contributed by atoms with E-state index in [9.17, 15) is 0 Å². The van der Waals surface area contributed by atoms with Gasteiger partial charge in [0.25, 0.3) is 12.1 Å². The molecular formula is C21H32N+. The summed E-state index contributed by atoms with van der Waals surface area (Å²) in [6, 6.07) is 0. The molecule has 3 fully saturated rings. The molecule has 1 nitrogen and oxygen atoms in total. The Kier molecular flexibility index (Phi) is 3.11. The fourth-order valence-electron chi connectivity index (χ4n) is 7.18. The Hall–Kier alpha value is -0.770. The van der Waals surface area contributed by atoms with Crippen LogP contribution in [0.4, 0.5) is 0 Å². The van der Waals surface area contributed by atoms with Gasteiger partial charge in [-0.3, -0.25) is 0 Å². The molecule has 0 aromatic carbocycles. The molecule has 22 heavy (non-hydrogen) atoms. The van der Waals surface area contributed by atoms with Crippen LogP contribution < -0.4 is 0 Å². The van der Waals surface area contributed by atoms with Crippen molar-refractivity contribution in [3.05, 3.63) is 16.5 Å². The highest BCUT2D eigenvalue weighted by Crippen LogP contribution is 2.65. The maximum atomic E-state index is 6.09. The third kappa shape index (κ3) is 1.82. The van der Waals surface area contributed by atoms with E-state index in [1.165, 1.54) is 32.1 Å². The molecular weight excluding hydrogens is 266 g/mol. The van der Waals surface area contributed by atoms with Crippen LogP contribution in [0, 0.1) is 47.5 Å². The molecule has 7 atom stereocenters. The van der Waals surface area contributed by atoms with Gasteiger partial charge in [0.15, 0.2) is 0 Å². The van der Waals surface area contributed by atoms with Crippen molar-refractivity contribution in [1.29, 1.82) is 0 Å². The summed E-state index contributed by atoms with van der Waals surface area (Å²) in [6.45, 7) is 16.0. The molecule has 0 bridgehead atoms. The fourth-order valence-corrected chi connectivity index (χ4v) is 7.18. The Morgan fingerprint density at radius 2 is 2.00 bits per heavy atom. The molecule has 0 radical (unpaired) electrons. The molecule has 1 heteroatoms. The largest absolute Gasteiger partial charge is 0.290 e. The van der Waals surface area contributed by atoms with Crippen LogP contribution in [0.15, 0.2) is 11.6 Å². The summed E-state index contributed by atoms with van der Waals surface area (Å²) in [6.07, 6.45) is 10.5. The van der Waals surface area contributed by atoms with Crippen molar-refractivity contribution in [1.82, 2.24) is 0 Å². The molecule has 4 rings (SSSR count). The average molecular weight is 298 g/mol. The highest BCUT2D eigenvalue weighted by atomic mass is 14.9. The van der Waals surface area contributed by atoms with Crippen molar-refractivity contribution in [3.8, 4) is 6.57 Å².